The van der Waals surface area contributed by atoms with E-state index in [-0.39, 0.29) is 50.2 Å². The van der Waals surface area contributed by atoms with Crippen molar-refractivity contribution in [1.82, 2.24) is 0 Å². The largest absolute Gasteiger partial charge is 0.463 e. The molecule has 0 amide bonds. The van der Waals surface area contributed by atoms with Gasteiger partial charge in [-0.15, -0.1) is 0 Å². The van der Waals surface area contributed by atoms with E-state index in [9.17, 15) is 14.2 Å². The Balaban J connectivity index is 4.45. The highest BCUT2D eigenvalue weighted by molar-refractivity contribution is 7.81. The molecule has 0 saturated heterocycles. The topological polar surface area (TPSA) is 88.1 Å². The molecule has 7 nitrogen and oxygen atoms in total. The van der Waals surface area contributed by atoms with Gasteiger partial charge in [0.25, 0.3) is 0 Å². The van der Waals surface area contributed by atoms with Crippen molar-refractivity contribution in [3.05, 3.63) is 0 Å². The molecule has 0 rings (SSSR count). The normalized spacial score (nSPS) is 14.2. The average molecular weight is 681 g/mol. The Labute approximate surface area is 282 Å². The van der Waals surface area contributed by atoms with Crippen molar-refractivity contribution in [3.63, 3.8) is 0 Å². The molecular weight excluding hydrogens is 611 g/mol. The minimum atomic E-state index is -3.88. The summed E-state index contributed by atoms with van der Waals surface area (Å²) in [5.41, 5.74) is 0. The first-order chi connectivity index (χ1) is 21.8. The van der Waals surface area contributed by atoms with Gasteiger partial charge in [-0.05, 0) is 25.7 Å². The number of hydrogen-bond donors (Lipinski definition) is 0. The highest BCUT2D eigenvalue weighted by Gasteiger charge is 2.24. The van der Waals surface area contributed by atoms with E-state index < -0.39 is 6.95 Å². The average Bonchev–Trinajstić information content (AvgIpc) is 3.02. The third kappa shape index (κ3) is 28.1. The van der Waals surface area contributed by atoms with Gasteiger partial charge >= 0.3 is 18.9 Å². The van der Waals surface area contributed by atoms with Crippen LogP contribution in [-0.2, 0) is 32.7 Å². The molecule has 0 heterocycles. The molecule has 0 aliphatic carbocycles. The van der Waals surface area contributed by atoms with Crippen LogP contribution in [0.3, 0.4) is 0 Å². The summed E-state index contributed by atoms with van der Waals surface area (Å²) >= 11 is 5.96. The first kappa shape index (κ1) is 44.4. The Bertz CT molecular complexity index is 680. The Morgan fingerprint density at radius 3 is 1.04 bits per heavy atom. The molecule has 0 aromatic rings. The van der Waals surface area contributed by atoms with Crippen molar-refractivity contribution in [2.75, 3.05) is 26.4 Å². The smallest absolute Gasteiger partial charge is 0.424 e. The number of carbonyl (C=O) groups is 2. The zero-order valence-corrected chi connectivity index (χ0v) is 31.3. The van der Waals surface area contributed by atoms with E-state index in [4.69, 9.17) is 29.8 Å². The molecule has 0 aromatic heterocycles. The van der Waals surface area contributed by atoms with Crippen LogP contribution < -0.4 is 0 Å². The van der Waals surface area contributed by atoms with E-state index >= 15 is 0 Å². The van der Waals surface area contributed by atoms with Crippen molar-refractivity contribution in [2.45, 2.75) is 182 Å². The van der Waals surface area contributed by atoms with Gasteiger partial charge in [0.15, 0.2) is 0 Å². The van der Waals surface area contributed by atoms with Crippen LogP contribution in [0.25, 0.3) is 0 Å². The van der Waals surface area contributed by atoms with Gasteiger partial charge in [0, 0.05) is 11.2 Å². The van der Waals surface area contributed by atoms with Crippen molar-refractivity contribution in [3.8, 4) is 0 Å². The summed E-state index contributed by atoms with van der Waals surface area (Å²) in [6.07, 6.45) is 26.6. The maximum Gasteiger partial charge on any atom is 0.424 e. The molecule has 0 bridgehead atoms. The van der Waals surface area contributed by atoms with Crippen LogP contribution in [-0.4, -0.2) is 38.4 Å². The van der Waals surface area contributed by atoms with Crippen LogP contribution in [0, 0.1) is 11.8 Å². The van der Waals surface area contributed by atoms with E-state index in [0.717, 1.165) is 89.9 Å². The number of unbranched alkanes of at least 4 members (excludes halogenated alkanes) is 16. The molecule has 9 heteroatoms. The second kappa shape index (κ2) is 32.0. The monoisotopic (exact) mass is 680 g/mol. The van der Waals surface area contributed by atoms with Crippen molar-refractivity contribution in [1.29, 1.82) is 0 Å². The van der Waals surface area contributed by atoms with E-state index in [1.807, 2.05) is 0 Å². The van der Waals surface area contributed by atoms with Crippen molar-refractivity contribution >= 4 is 30.1 Å². The van der Waals surface area contributed by atoms with Crippen LogP contribution in [0.4, 0.5) is 0 Å². The molecule has 0 N–H and O–H groups in total. The lowest BCUT2D eigenvalue weighted by atomic mass is 9.94. The molecule has 268 valence electrons. The molecule has 0 fully saturated rings. The number of ether oxygens (including phenoxy) is 2. The van der Waals surface area contributed by atoms with Crippen LogP contribution in [0.15, 0.2) is 0 Å². The second-order valence-corrected chi connectivity index (χ2v) is 15.3. The lowest BCUT2D eigenvalue weighted by Crippen LogP contribution is -2.20. The first-order valence-electron chi connectivity index (χ1n) is 18.7. The summed E-state index contributed by atoms with van der Waals surface area (Å²) in [6.45, 7) is 4.58. The summed E-state index contributed by atoms with van der Waals surface area (Å²) in [7, 11) is 0. The zero-order chi connectivity index (χ0) is 33.4. The molecule has 0 spiro atoms. The highest BCUT2D eigenvalue weighted by Crippen LogP contribution is 2.53. The van der Waals surface area contributed by atoms with Gasteiger partial charge in [0.1, 0.15) is 13.2 Å². The Morgan fingerprint density at radius 2 is 0.733 bits per heavy atom. The number of rotatable bonds is 34. The summed E-state index contributed by atoms with van der Waals surface area (Å²) in [5.74, 6) is -0.659. The van der Waals surface area contributed by atoms with Crippen LogP contribution in [0.1, 0.15) is 182 Å². The van der Waals surface area contributed by atoms with Gasteiger partial charge in [-0.25, -0.2) is 4.57 Å². The fraction of sp³-hybridized carbons (Fsp3) is 0.944. The van der Waals surface area contributed by atoms with Crippen LogP contribution in [0.2, 0.25) is 0 Å². The number of carbonyl (C=O) groups excluding carboxylic acids is 2. The van der Waals surface area contributed by atoms with Gasteiger partial charge < -0.3 is 9.47 Å². The Hall–Kier alpha value is -0.620. The first-order valence-corrected chi connectivity index (χ1v) is 21.2. The van der Waals surface area contributed by atoms with E-state index in [0.29, 0.717) is 0 Å². The number of hydrogen-bond acceptors (Lipinski definition) is 7. The van der Waals surface area contributed by atoms with E-state index in [2.05, 4.69) is 27.7 Å². The summed E-state index contributed by atoms with van der Waals surface area (Å²) in [5, 5.41) is 0. The molecule has 2 atom stereocenters. The van der Waals surface area contributed by atoms with Gasteiger partial charge in [-0.3, -0.25) is 18.6 Å². The Morgan fingerprint density at radius 1 is 0.467 bits per heavy atom. The maximum atomic E-state index is 12.8. The van der Waals surface area contributed by atoms with Gasteiger partial charge in [0.05, 0.1) is 25.0 Å². The molecule has 0 saturated carbocycles. The Kier molecular flexibility index (Phi) is 31.5. The third-order valence-electron chi connectivity index (χ3n) is 8.44. The molecule has 45 heavy (non-hydrogen) atoms. The van der Waals surface area contributed by atoms with Gasteiger partial charge in [-0.2, -0.15) is 0 Å². The zero-order valence-electron chi connectivity index (χ0n) is 29.6. The highest BCUT2D eigenvalue weighted by atomic mass is 35.7. The van der Waals surface area contributed by atoms with Crippen LogP contribution in [0.5, 0.6) is 0 Å². The summed E-state index contributed by atoms with van der Waals surface area (Å²) in [4.78, 5) is 25.6. The molecule has 0 aromatic carbocycles. The molecule has 2 unspecified atom stereocenters. The predicted octanol–water partition coefficient (Wildman–Crippen LogP) is 12.1. The minimum Gasteiger partial charge on any atom is -0.463 e. The fourth-order valence-electron chi connectivity index (χ4n) is 5.59. The lowest BCUT2D eigenvalue weighted by Gasteiger charge is -2.17. The van der Waals surface area contributed by atoms with Crippen LogP contribution >= 0.6 is 18.2 Å². The number of esters is 2. The molecular formula is C36H70ClO7P. The molecule has 0 aliphatic rings. The van der Waals surface area contributed by atoms with Gasteiger partial charge in [-0.1, -0.05) is 156 Å². The summed E-state index contributed by atoms with van der Waals surface area (Å²) in [6, 6.07) is 0. The van der Waals surface area contributed by atoms with Gasteiger partial charge in [0.2, 0.25) is 0 Å². The number of halogens is 1. The minimum absolute atomic E-state index is 0.0337. The lowest BCUT2D eigenvalue weighted by molar-refractivity contribution is -0.150. The van der Waals surface area contributed by atoms with Crippen molar-refractivity contribution < 1.29 is 32.7 Å². The van der Waals surface area contributed by atoms with Crippen molar-refractivity contribution in [2.24, 2.45) is 11.8 Å². The van der Waals surface area contributed by atoms with E-state index in [1.54, 1.807) is 0 Å². The SMILES string of the molecule is CCCCCCCCC(CCCCCC)C(=O)OCCOP(=O)(Cl)OCCOC(=O)C(CCCCCC)CCCCCCCC. The summed E-state index contributed by atoms with van der Waals surface area (Å²) < 4.78 is 33.9. The maximum absolute atomic E-state index is 12.8. The molecule has 0 aliphatic heterocycles. The standard InChI is InChI=1S/C36H70ClO7P/c1-5-9-13-17-19-23-27-33(25-21-15-11-7-3)35(38)41-29-31-43-45(37,40)44-32-30-42-36(39)34(26-22-16-12-8-4)28-24-20-18-14-10-6-2/h33-34H,5-32H2,1-4H3. The predicted molar refractivity (Wildman–Crippen MR) is 188 cm³/mol. The quantitative estimate of drug-likeness (QED) is 0.0379. The fourth-order valence-corrected chi connectivity index (χ4v) is 6.66. The third-order valence-corrected chi connectivity index (χ3v) is 10.0. The molecule has 0 radical (unpaired) electrons. The van der Waals surface area contributed by atoms with E-state index in [1.165, 1.54) is 64.2 Å². The second-order valence-electron chi connectivity index (χ2n) is 12.6.